The largest absolute Gasteiger partial charge is 0.507 e. The minimum absolute atomic E-state index is 0.0497. The van der Waals surface area contributed by atoms with Crippen molar-refractivity contribution in [3.05, 3.63) is 86.1 Å². The number of nitrogens with zero attached hydrogens (tertiary/aromatic N) is 1. The van der Waals surface area contributed by atoms with E-state index in [1.807, 2.05) is 31.4 Å². The lowest BCUT2D eigenvalue weighted by Gasteiger charge is -2.24. The molecular weight excluding hydrogens is 434 g/mol. The van der Waals surface area contributed by atoms with Crippen molar-refractivity contribution in [1.29, 1.82) is 0 Å². The number of halogens is 1. The first kappa shape index (κ1) is 21.2. The van der Waals surface area contributed by atoms with Gasteiger partial charge in [0.2, 0.25) is 0 Å². The molecule has 0 aliphatic carbocycles. The third kappa shape index (κ3) is 3.62. The van der Waals surface area contributed by atoms with Crippen LogP contribution < -0.4 is 9.64 Å². The van der Waals surface area contributed by atoms with Crippen LogP contribution in [0.2, 0.25) is 5.02 Å². The Kier molecular flexibility index (Phi) is 5.60. The predicted octanol–water partition coefficient (Wildman–Crippen LogP) is 5.65. The van der Waals surface area contributed by atoms with E-state index in [0.29, 0.717) is 22.0 Å². The summed E-state index contributed by atoms with van der Waals surface area (Å²) in [6.45, 7) is 3.71. The second-order valence-electron chi connectivity index (χ2n) is 7.30. The lowest BCUT2D eigenvalue weighted by Crippen LogP contribution is -2.29. The van der Waals surface area contributed by atoms with E-state index in [1.165, 1.54) is 16.2 Å². The second kappa shape index (κ2) is 8.21. The lowest BCUT2D eigenvalue weighted by atomic mass is 9.98. The predicted molar refractivity (Wildman–Crippen MR) is 123 cm³/mol. The number of carbonyl (C=O) groups excluding carboxylic acids is 2. The summed E-state index contributed by atoms with van der Waals surface area (Å²) < 4.78 is 5.28. The van der Waals surface area contributed by atoms with Gasteiger partial charge in [-0.1, -0.05) is 23.7 Å². The quantitative estimate of drug-likeness (QED) is 0.315. The summed E-state index contributed by atoms with van der Waals surface area (Å²) in [6, 6.07) is 13.3. The Hall–Kier alpha value is -3.09. The smallest absolute Gasteiger partial charge is 0.300 e. The topological polar surface area (TPSA) is 66.8 Å². The van der Waals surface area contributed by atoms with Gasteiger partial charge in [-0.25, -0.2) is 0 Å². The van der Waals surface area contributed by atoms with Gasteiger partial charge in [-0.05, 0) is 66.8 Å². The molecule has 7 heteroatoms. The van der Waals surface area contributed by atoms with E-state index >= 15 is 0 Å². The van der Waals surface area contributed by atoms with E-state index < -0.39 is 17.7 Å². The fraction of sp³-hybridized carbons (Fsp3) is 0.167. The maximum atomic E-state index is 13.1. The average Bonchev–Trinajstić information content (AvgIpc) is 3.37. The maximum Gasteiger partial charge on any atom is 0.300 e. The van der Waals surface area contributed by atoms with Crippen LogP contribution in [0.3, 0.4) is 0 Å². The van der Waals surface area contributed by atoms with Crippen molar-refractivity contribution in [1.82, 2.24) is 0 Å². The van der Waals surface area contributed by atoms with Gasteiger partial charge in [0.1, 0.15) is 17.6 Å². The average molecular weight is 454 g/mol. The number of carbonyl (C=O) groups is 2. The van der Waals surface area contributed by atoms with Gasteiger partial charge in [0.25, 0.3) is 11.7 Å². The fourth-order valence-corrected chi connectivity index (χ4v) is 4.73. The van der Waals surface area contributed by atoms with Crippen molar-refractivity contribution in [2.45, 2.75) is 19.9 Å². The summed E-state index contributed by atoms with van der Waals surface area (Å²) in [4.78, 5) is 28.4. The third-order valence-corrected chi connectivity index (χ3v) is 6.69. The van der Waals surface area contributed by atoms with Crippen molar-refractivity contribution in [3.63, 3.8) is 0 Å². The van der Waals surface area contributed by atoms with Gasteiger partial charge in [-0.3, -0.25) is 14.5 Å². The molecule has 0 spiro atoms. The number of aliphatic hydroxyl groups is 1. The van der Waals surface area contributed by atoms with Crippen LogP contribution in [0.4, 0.5) is 5.69 Å². The zero-order valence-corrected chi connectivity index (χ0v) is 18.8. The van der Waals surface area contributed by atoms with Gasteiger partial charge in [-0.2, -0.15) is 0 Å². The first-order chi connectivity index (χ1) is 14.8. The van der Waals surface area contributed by atoms with Crippen LogP contribution in [0.25, 0.3) is 5.76 Å². The van der Waals surface area contributed by atoms with E-state index in [9.17, 15) is 14.7 Å². The van der Waals surface area contributed by atoms with Crippen LogP contribution in [-0.2, 0) is 9.59 Å². The lowest BCUT2D eigenvalue weighted by molar-refractivity contribution is -0.132. The number of aryl methyl sites for hydroxylation is 2. The molecule has 1 amide bonds. The molecule has 1 aromatic heterocycles. The number of thiophene rings is 1. The normalized spacial score (nSPS) is 17.9. The van der Waals surface area contributed by atoms with Crippen LogP contribution >= 0.6 is 22.9 Å². The molecule has 1 aliphatic rings. The van der Waals surface area contributed by atoms with E-state index in [0.717, 1.165) is 16.0 Å². The Bertz CT molecular complexity index is 1220. The van der Waals surface area contributed by atoms with Crippen LogP contribution in [0.15, 0.2) is 59.5 Å². The van der Waals surface area contributed by atoms with Crippen LogP contribution in [0.5, 0.6) is 5.75 Å². The van der Waals surface area contributed by atoms with Crippen LogP contribution in [0.1, 0.15) is 27.6 Å². The molecule has 0 saturated carbocycles. The molecule has 0 radical (unpaired) electrons. The summed E-state index contributed by atoms with van der Waals surface area (Å²) in [5, 5.41) is 13.5. The van der Waals surface area contributed by atoms with E-state index in [2.05, 4.69) is 0 Å². The minimum atomic E-state index is -0.749. The Labute approximate surface area is 189 Å². The molecule has 4 rings (SSSR count). The molecule has 1 fully saturated rings. The Morgan fingerprint density at radius 1 is 1.10 bits per heavy atom. The van der Waals surface area contributed by atoms with Crippen molar-refractivity contribution < 1.29 is 19.4 Å². The van der Waals surface area contributed by atoms with Crippen molar-refractivity contribution in [3.8, 4) is 5.75 Å². The van der Waals surface area contributed by atoms with E-state index in [1.54, 1.807) is 43.5 Å². The van der Waals surface area contributed by atoms with E-state index in [-0.39, 0.29) is 11.3 Å². The SMILES string of the molecule is COc1ccc(/C(O)=C2/C(=O)C(=O)N(c3ccc(C)c(Cl)c3)C2c2cccs2)cc1C. The number of aliphatic hydroxyl groups excluding tert-OH is 1. The minimum Gasteiger partial charge on any atom is -0.507 e. The van der Waals surface area contributed by atoms with Gasteiger partial charge in [0, 0.05) is 21.2 Å². The zero-order valence-electron chi connectivity index (χ0n) is 17.2. The number of benzene rings is 2. The molecule has 1 saturated heterocycles. The van der Waals surface area contributed by atoms with Crippen LogP contribution in [-0.4, -0.2) is 23.9 Å². The molecule has 2 aromatic carbocycles. The van der Waals surface area contributed by atoms with Gasteiger partial charge in [0.15, 0.2) is 0 Å². The zero-order chi connectivity index (χ0) is 22.3. The van der Waals surface area contributed by atoms with E-state index in [4.69, 9.17) is 16.3 Å². The maximum absolute atomic E-state index is 13.1. The number of ether oxygens (including phenoxy) is 1. The number of hydrogen-bond donors (Lipinski definition) is 1. The third-order valence-electron chi connectivity index (χ3n) is 5.36. The van der Waals surface area contributed by atoms with Gasteiger partial charge in [0.05, 0.1) is 12.7 Å². The highest BCUT2D eigenvalue weighted by molar-refractivity contribution is 7.10. The molecule has 0 bridgehead atoms. The molecule has 31 heavy (non-hydrogen) atoms. The molecule has 158 valence electrons. The first-order valence-corrected chi connectivity index (χ1v) is 10.8. The molecule has 3 aromatic rings. The highest BCUT2D eigenvalue weighted by atomic mass is 35.5. The number of anilines is 1. The standard InChI is InChI=1S/C24H20ClNO4S/c1-13-6-8-16(12-17(13)25)26-21(19-5-4-10-31-19)20(23(28)24(26)29)22(27)15-7-9-18(30-3)14(2)11-15/h4-12,21,27H,1-3H3/b22-20-. The molecule has 1 N–H and O–H groups in total. The molecule has 1 aliphatic heterocycles. The number of hydrogen-bond acceptors (Lipinski definition) is 5. The summed E-state index contributed by atoms with van der Waals surface area (Å²) in [7, 11) is 1.57. The van der Waals surface area contributed by atoms with Gasteiger partial charge >= 0.3 is 0 Å². The van der Waals surface area contributed by atoms with Crippen molar-refractivity contribution in [2.24, 2.45) is 0 Å². The van der Waals surface area contributed by atoms with Crippen molar-refractivity contribution >= 4 is 46.1 Å². The van der Waals surface area contributed by atoms with Gasteiger partial charge < -0.3 is 9.84 Å². The number of ketones is 1. The number of rotatable bonds is 4. The van der Waals surface area contributed by atoms with Crippen molar-refractivity contribution in [2.75, 3.05) is 12.0 Å². The monoisotopic (exact) mass is 453 g/mol. The molecule has 2 heterocycles. The Morgan fingerprint density at radius 3 is 2.48 bits per heavy atom. The highest BCUT2D eigenvalue weighted by Gasteiger charge is 2.47. The highest BCUT2D eigenvalue weighted by Crippen LogP contribution is 2.44. The molecule has 5 nitrogen and oxygen atoms in total. The fourth-order valence-electron chi connectivity index (χ4n) is 3.73. The number of amides is 1. The van der Waals surface area contributed by atoms with Gasteiger partial charge in [-0.15, -0.1) is 11.3 Å². The Balaban J connectivity index is 1.91. The number of Topliss-reactive ketones (excluding diaryl/α,β-unsaturated/α-hetero) is 1. The Morgan fingerprint density at radius 2 is 1.87 bits per heavy atom. The summed E-state index contributed by atoms with van der Waals surface area (Å²) in [5.41, 5.74) is 2.66. The summed E-state index contributed by atoms with van der Waals surface area (Å²) in [6.07, 6.45) is 0. The number of methoxy groups -OCH3 is 1. The summed E-state index contributed by atoms with van der Waals surface area (Å²) >= 11 is 7.71. The molecule has 1 unspecified atom stereocenters. The molecule has 1 atom stereocenters. The first-order valence-electron chi connectivity index (χ1n) is 9.59. The summed E-state index contributed by atoms with van der Waals surface area (Å²) in [5.74, 6) is -0.990. The van der Waals surface area contributed by atoms with Crippen LogP contribution in [0, 0.1) is 13.8 Å². The second-order valence-corrected chi connectivity index (χ2v) is 8.69. The molecular formula is C24H20ClNO4S.